The second-order valence-corrected chi connectivity index (χ2v) is 7.56. The van der Waals surface area contributed by atoms with E-state index in [-0.39, 0.29) is 29.4 Å². The number of hydrogen-bond donors (Lipinski definition) is 0. The molecule has 1 amide bonds. The summed E-state index contributed by atoms with van der Waals surface area (Å²) in [7, 11) is 1.74. The Balaban J connectivity index is 1.48. The largest absolute Gasteiger partial charge is 0.378 e. The molecular weight excluding hydrogens is 328 g/mol. The Bertz CT molecular complexity index is 831. The van der Waals surface area contributed by atoms with Gasteiger partial charge in [-0.2, -0.15) is 0 Å². The number of piperidine rings is 1. The van der Waals surface area contributed by atoms with Gasteiger partial charge >= 0.3 is 0 Å². The molecule has 0 radical (unpaired) electrons. The van der Waals surface area contributed by atoms with Crippen LogP contribution in [0.1, 0.15) is 37.4 Å². The fourth-order valence-electron chi connectivity index (χ4n) is 4.76. The van der Waals surface area contributed by atoms with Gasteiger partial charge in [-0.3, -0.25) is 9.20 Å². The summed E-state index contributed by atoms with van der Waals surface area (Å²) in [6.45, 7) is 0.712. The molecule has 0 aromatic carbocycles. The fraction of sp³-hybridized carbons (Fsp3) is 0.588. The fourth-order valence-corrected chi connectivity index (χ4v) is 4.96. The number of amides is 1. The average Bonchev–Trinajstić information content (AvgIpc) is 3.20. The van der Waals surface area contributed by atoms with Gasteiger partial charge in [-0.05, 0) is 25.7 Å². The lowest BCUT2D eigenvalue weighted by Crippen LogP contribution is -2.44. The first-order valence-corrected chi connectivity index (χ1v) is 8.85. The van der Waals surface area contributed by atoms with Crippen LogP contribution in [0.25, 0.3) is 5.52 Å². The van der Waals surface area contributed by atoms with Crippen molar-refractivity contribution >= 4 is 23.0 Å². The van der Waals surface area contributed by atoms with E-state index in [9.17, 15) is 4.79 Å². The maximum Gasteiger partial charge on any atom is 0.231 e. The van der Waals surface area contributed by atoms with Gasteiger partial charge in [-0.25, -0.2) is 9.97 Å². The van der Waals surface area contributed by atoms with Crippen LogP contribution in [0.5, 0.6) is 0 Å². The molecular formula is C17H19ClN4O2. The van der Waals surface area contributed by atoms with Gasteiger partial charge in [0.1, 0.15) is 11.3 Å². The lowest BCUT2D eigenvalue weighted by molar-refractivity contribution is -0.134. The standard InChI is InChI=1S/C17H19ClN4O2/c1-24-13-11-3-2-10(9-22(11)16(23)17(13)4-5-17)15-20-8-12-14(18)19-6-7-21(12)15/h6-8,10-11,13H,2-5,9H2,1H3/t10-,11+,13?/m1/s1. The highest BCUT2D eigenvalue weighted by Crippen LogP contribution is 2.58. The molecule has 2 aromatic rings. The summed E-state index contributed by atoms with van der Waals surface area (Å²) in [4.78, 5) is 23.7. The summed E-state index contributed by atoms with van der Waals surface area (Å²) >= 11 is 6.15. The van der Waals surface area contributed by atoms with Gasteiger partial charge in [-0.1, -0.05) is 11.6 Å². The first-order chi connectivity index (χ1) is 11.7. The molecule has 1 spiro atoms. The molecule has 3 atom stereocenters. The third kappa shape index (κ3) is 1.78. The predicted molar refractivity (Wildman–Crippen MR) is 87.9 cm³/mol. The molecule has 1 saturated carbocycles. The van der Waals surface area contributed by atoms with Gasteiger partial charge in [0.25, 0.3) is 0 Å². The molecule has 7 heteroatoms. The Morgan fingerprint density at radius 2 is 2.17 bits per heavy atom. The van der Waals surface area contributed by atoms with Crippen LogP contribution in [0.15, 0.2) is 18.6 Å². The smallest absolute Gasteiger partial charge is 0.231 e. The molecule has 1 unspecified atom stereocenters. The molecule has 2 saturated heterocycles. The molecule has 3 aliphatic rings. The van der Waals surface area contributed by atoms with E-state index in [2.05, 4.69) is 14.9 Å². The lowest BCUT2D eigenvalue weighted by Gasteiger charge is -2.36. The summed E-state index contributed by atoms with van der Waals surface area (Å²) in [6.07, 6.45) is 9.30. The molecule has 0 N–H and O–H groups in total. The number of aromatic nitrogens is 3. The number of carbonyl (C=O) groups excluding carboxylic acids is 1. The molecule has 2 aliphatic heterocycles. The van der Waals surface area contributed by atoms with E-state index in [1.165, 1.54) is 0 Å². The van der Waals surface area contributed by atoms with Crippen molar-refractivity contribution in [3.63, 3.8) is 0 Å². The van der Waals surface area contributed by atoms with E-state index in [0.717, 1.165) is 37.0 Å². The summed E-state index contributed by atoms with van der Waals surface area (Å²) < 4.78 is 7.73. The highest BCUT2D eigenvalue weighted by Gasteiger charge is 2.67. The first-order valence-electron chi connectivity index (χ1n) is 8.47. The molecule has 6 nitrogen and oxygen atoms in total. The van der Waals surface area contributed by atoms with Crippen molar-refractivity contribution in [2.24, 2.45) is 5.41 Å². The van der Waals surface area contributed by atoms with Gasteiger partial charge in [0.05, 0.1) is 23.8 Å². The molecule has 24 heavy (non-hydrogen) atoms. The minimum atomic E-state index is -0.226. The van der Waals surface area contributed by atoms with Gasteiger partial charge in [-0.15, -0.1) is 0 Å². The maximum atomic E-state index is 12.9. The number of fused-ring (bicyclic) bond motifs is 2. The number of ether oxygens (including phenoxy) is 1. The van der Waals surface area contributed by atoms with Crippen LogP contribution < -0.4 is 0 Å². The molecule has 2 aromatic heterocycles. The van der Waals surface area contributed by atoms with E-state index in [1.54, 1.807) is 19.5 Å². The first kappa shape index (κ1) is 14.7. The zero-order valence-electron chi connectivity index (χ0n) is 13.5. The second-order valence-electron chi connectivity index (χ2n) is 7.20. The minimum absolute atomic E-state index is 0.0570. The average molecular weight is 347 g/mol. The van der Waals surface area contributed by atoms with Crippen molar-refractivity contribution in [3.05, 3.63) is 29.6 Å². The van der Waals surface area contributed by atoms with Crippen LogP contribution in [-0.4, -0.2) is 51.0 Å². The Morgan fingerprint density at radius 1 is 1.33 bits per heavy atom. The van der Waals surface area contributed by atoms with Gasteiger partial charge in [0, 0.05) is 32.0 Å². The number of carbonyl (C=O) groups is 1. The SMILES string of the molecule is COC1[C@@H]2CC[C@@H](c3ncc4c(Cl)nccn34)CN2C(=O)C12CC2. The normalized spacial score (nSPS) is 31.0. The van der Waals surface area contributed by atoms with Crippen LogP contribution in [-0.2, 0) is 9.53 Å². The van der Waals surface area contributed by atoms with Crippen LogP contribution in [0.4, 0.5) is 0 Å². The summed E-state index contributed by atoms with van der Waals surface area (Å²) in [5.74, 6) is 1.47. The van der Waals surface area contributed by atoms with Crippen molar-refractivity contribution in [2.75, 3.05) is 13.7 Å². The quantitative estimate of drug-likeness (QED) is 0.837. The Morgan fingerprint density at radius 3 is 2.92 bits per heavy atom. The summed E-state index contributed by atoms with van der Waals surface area (Å²) in [5, 5.41) is 0.457. The number of hydrogen-bond acceptors (Lipinski definition) is 4. The van der Waals surface area contributed by atoms with E-state index < -0.39 is 0 Å². The van der Waals surface area contributed by atoms with Crippen LogP contribution in [0.2, 0.25) is 5.15 Å². The Hall–Kier alpha value is -1.66. The van der Waals surface area contributed by atoms with Gasteiger partial charge < -0.3 is 9.64 Å². The topological polar surface area (TPSA) is 59.7 Å². The monoisotopic (exact) mass is 346 g/mol. The molecule has 3 fully saturated rings. The van der Waals surface area contributed by atoms with Crippen molar-refractivity contribution in [2.45, 2.75) is 43.7 Å². The molecule has 0 bridgehead atoms. The number of imidazole rings is 1. The maximum absolute atomic E-state index is 12.9. The molecule has 1 aliphatic carbocycles. The summed E-state index contributed by atoms with van der Waals surface area (Å²) in [6, 6.07) is 0.220. The van der Waals surface area contributed by atoms with Gasteiger partial charge in [0.2, 0.25) is 5.91 Å². The number of halogens is 1. The predicted octanol–water partition coefficient (Wildman–Crippen LogP) is 2.27. The highest BCUT2D eigenvalue weighted by molar-refractivity contribution is 6.32. The number of rotatable bonds is 2. The molecule has 126 valence electrons. The van der Waals surface area contributed by atoms with Crippen molar-refractivity contribution in [1.82, 2.24) is 19.3 Å². The van der Waals surface area contributed by atoms with Crippen LogP contribution >= 0.6 is 11.6 Å². The Kier molecular flexibility index (Phi) is 3.01. The van der Waals surface area contributed by atoms with Crippen LogP contribution in [0, 0.1) is 5.41 Å². The third-order valence-electron chi connectivity index (χ3n) is 6.06. The summed E-state index contributed by atoms with van der Waals surface area (Å²) in [5.41, 5.74) is 0.591. The van der Waals surface area contributed by atoms with Crippen molar-refractivity contribution in [1.29, 1.82) is 0 Å². The van der Waals surface area contributed by atoms with E-state index in [4.69, 9.17) is 16.3 Å². The number of methoxy groups -OCH3 is 1. The van der Waals surface area contributed by atoms with E-state index >= 15 is 0 Å². The molecule has 5 rings (SSSR count). The van der Waals surface area contributed by atoms with Crippen molar-refractivity contribution in [3.8, 4) is 0 Å². The Labute approximate surface area is 144 Å². The zero-order valence-corrected chi connectivity index (χ0v) is 14.2. The second kappa shape index (κ2) is 4.92. The van der Waals surface area contributed by atoms with Gasteiger partial charge in [0.15, 0.2) is 5.15 Å². The minimum Gasteiger partial charge on any atom is -0.378 e. The van der Waals surface area contributed by atoms with E-state index in [1.807, 2.05) is 10.6 Å². The van der Waals surface area contributed by atoms with Crippen molar-refractivity contribution < 1.29 is 9.53 Å². The number of nitrogens with zero attached hydrogens (tertiary/aromatic N) is 4. The third-order valence-corrected chi connectivity index (χ3v) is 6.35. The highest BCUT2D eigenvalue weighted by atomic mass is 35.5. The van der Waals surface area contributed by atoms with E-state index in [0.29, 0.717) is 11.7 Å². The molecule has 4 heterocycles. The van der Waals surface area contributed by atoms with Crippen LogP contribution in [0.3, 0.4) is 0 Å². The zero-order chi connectivity index (χ0) is 16.5. The lowest BCUT2D eigenvalue weighted by atomic mass is 9.89.